The molecule has 3 heteroatoms. The Bertz CT molecular complexity index is 411. The molecule has 2 nitrogen and oxygen atoms in total. The van der Waals surface area contributed by atoms with Gasteiger partial charge in [0.1, 0.15) is 11.4 Å². The predicted octanol–water partition coefficient (Wildman–Crippen LogP) is 2.56. The average Bonchev–Trinajstić information content (AvgIpc) is 2.71. The van der Waals surface area contributed by atoms with Crippen LogP contribution in [-0.4, -0.2) is 19.7 Å². The van der Waals surface area contributed by atoms with Gasteiger partial charge in [0.2, 0.25) is 0 Å². The van der Waals surface area contributed by atoms with E-state index >= 15 is 4.39 Å². The molecule has 1 fully saturated rings. The van der Waals surface area contributed by atoms with Gasteiger partial charge in [0.05, 0.1) is 6.61 Å². The smallest absolute Gasteiger partial charge is 0.140 e. The predicted molar refractivity (Wildman–Crippen MR) is 65.1 cm³/mol. The molecule has 1 aromatic carbocycles. The molecule has 92 valence electrons. The van der Waals surface area contributed by atoms with Crippen LogP contribution < -0.4 is 10.1 Å². The SMILES string of the molecule is FC1(c2cccc3c2OCC3)CCCNCC1. The second-order valence-electron chi connectivity index (χ2n) is 4.96. The zero-order valence-electron chi connectivity index (χ0n) is 9.97. The van der Waals surface area contributed by atoms with Crippen LogP contribution in [0.25, 0.3) is 0 Å². The Balaban J connectivity index is 1.99. The van der Waals surface area contributed by atoms with Gasteiger partial charge in [0.25, 0.3) is 0 Å². The maximum atomic E-state index is 15.1. The largest absolute Gasteiger partial charge is 0.493 e. The Morgan fingerprint density at radius 3 is 3.12 bits per heavy atom. The van der Waals surface area contributed by atoms with Crippen molar-refractivity contribution in [3.05, 3.63) is 29.3 Å². The maximum Gasteiger partial charge on any atom is 0.140 e. The minimum absolute atomic E-state index is 0.548. The molecular weight excluding hydrogens is 217 g/mol. The topological polar surface area (TPSA) is 21.3 Å². The lowest BCUT2D eigenvalue weighted by Gasteiger charge is -2.25. The first-order valence-corrected chi connectivity index (χ1v) is 6.44. The standard InChI is InChI=1S/C14H18FNO/c15-14(6-2-8-16-9-7-14)12-4-1-3-11-5-10-17-13(11)12/h1,3-4,16H,2,5-10H2. The van der Waals surface area contributed by atoms with Crippen molar-refractivity contribution in [3.63, 3.8) is 0 Å². The normalized spacial score (nSPS) is 28.3. The summed E-state index contributed by atoms with van der Waals surface area (Å²) in [7, 11) is 0. The number of ether oxygens (including phenoxy) is 1. The molecular formula is C14H18FNO. The van der Waals surface area contributed by atoms with Crippen molar-refractivity contribution >= 4 is 0 Å². The fraction of sp³-hybridized carbons (Fsp3) is 0.571. The summed E-state index contributed by atoms with van der Waals surface area (Å²) in [5.74, 6) is 0.817. The lowest BCUT2D eigenvalue weighted by Crippen LogP contribution is -2.23. The molecule has 0 aliphatic carbocycles. The first kappa shape index (κ1) is 11.0. The summed E-state index contributed by atoms with van der Waals surface area (Å²) in [6.45, 7) is 2.36. The zero-order chi connectivity index (χ0) is 11.7. The Kier molecular flexibility index (Phi) is 2.79. The van der Waals surface area contributed by atoms with Crippen molar-refractivity contribution in [2.24, 2.45) is 0 Å². The molecule has 1 unspecified atom stereocenters. The Morgan fingerprint density at radius 1 is 1.24 bits per heavy atom. The zero-order valence-corrected chi connectivity index (χ0v) is 9.97. The number of nitrogens with one attached hydrogen (secondary N) is 1. The van der Waals surface area contributed by atoms with Crippen molar-refractivity contribution in [2.45, 2.75) is 31.4 Å². The molecule has 2 aliphatic heterocycles. The Labute approximate surface area is 101 Å². The van der Waals surface area contributed by atoms with Gasteiger partial charge in [-0.05, 0) is 37.9 Å². The molecule has 2 aliphatic rings. The van der Waals surface area contributed by atoms with E-state index in [1.165, 1.54) is 0 Å². The second-order valence-corrected chi connectivity index (χ2v) is 4.96. The Morgan fingerprint density at radius 2 is 2.18 bits per heavy atom. The lowest BCUT2D eigenvalue weighted by atomic mass is 9.87. The molecule has 1 N–H and O–H groups in total. The first-order chi connectivity index (χ1) is 8.30. The van der Waals surface area contributed by atoms with Gasteiger partial charge in [0, 0.05) is 12.0 Å². The fourth-order valence-corrected chi connectivity index (χ4v) is 2.87. The third kappa shape index (κ3) is 1.93. The van der Waals surface area contributed by atoms with E-state index in [0.717, 1.165) is 42.8 Å². The highest BCUT2D eigenvalue weighted by atomic mass is 19.1. The van der Waals surface area contributed by atoms with E-state index in [1.807, 2.05) is 18.2 Å². The van der Waals surface area contributed by atoms with Gasteiger partial charge in [-0.3, -0.25) is 0 Å². The van der Waals surface area contributed by atoms with E-state index in [2.05, 4.69) is 5.32 Å². The van der Waals surface area contributed by atoms with E-state index in [0.29, 0.717) is 19.4 Å². The first-order valence-electron chi connectivity index (χ1n) is 6.44. The molecule has 0 spiro atoms. The highest BCUT2D eigenvalue weighted by molar-refractivity contribution is 5.47. The number of halogens is 1. The number of para-hydroxylation sites is 1. The van der Waals surface area contributed by atoms with Crippen LogP contribution in [0.3, 0.4) is 0 Å². The molecule has 0 aromatic heterocycles. The van der Waals surface area contributed by atoms with Crippen LogP contribution in [0.1, 0.15) is 30.4 Å². The van der Waals surface area contributed by atoms with Crippen LogP contribution in [0.15, 0.2) is 18.2 Å². The van der Waals surface area contributed by atoms with E-state index in [1.54, 1.807) is 0 Å². The van der Waals surface area contributed by atoms with E-state index < -0.39 is 5.67 Å². The molecule has 1 atom stereocenters. The van der Waals surface area contributed by atoms with Crippen LogP contribution in [0, 0.1) is 0 Å². The van der Waals surface area contributed by atoms with Gasteiger partial charge in [-0.15, -0.1) is 0 Å². The lowest BCUT2D eigenvalue weighted by molar-refractivity contribution is 0.140. The fourth-order valence-electron chi connectivity index (χ4n) is 2.87. The van der Waals surface area contributed by atoms with Crippen molar-refractivity contribution in [1.82, 2.24) is 5.32 Å². The van der Waals surface area contributed by atoms with Crippen molar-refractivity contribution in [1.29, 1.82) is 0 Å². The number of hydrogen-bond acceptors (Lipinski definition) is 2. The summed E-state index contributed by atoms with van der Waals surface area (Å²) in [6, 6.07) is 5.90. The summed E-state index contributed by atoms with van der Waals surface area (Å²) in [5, 5.41) is 3.26. The third-order valence-electron chi connectivity index (χ3n) is 3.82. The average molecular weight is 235 g/mol. The monoisotopic (exact) mass is 235 g/mol. The molecule has 2 heterocycles. The van der Waals surface area contributed by atoms with E-state index in [-0.39, 0.29) is 0 Å². The molecule has 0 bridgehead atoms. The van der Waals surface area contributed by atoms with Gasteiger partial charge in [-0.25, -0.2) is 4.39 Å². The van der Waals surface area contributed by atoms with Gasteiger partial charge < -0.3 is 10.1 Å². The van der Waals surface area contributed by atoms with Crippen LogP contribution in [0.2, 0.25) is 0 Å². The summed E-state index contributed by atoms with van der Waals surface area (Å²) in [4.78, 5) is 0. The third-order valence-corrected chi connectivity index (χ3v) is 3.82. The molecule has 1 saturated heterocycles. The van der Waals surface area contributed by atoms with Gasteiger partial charge in [-0.1, -0.05) is 18.2 Å². The van der Waals surface area contributed by atoms with E-state index in [4.69, 9.17) is 4.74 Å². The number of hydrogen-bond donors (Lipinski definition) is 1. The molecule has 3 rings (SSSR count). The quantitative estimate of drug-likeness (QED) is 0.807. The van der Waals surface area contributed by atoms with Crippen molar-refractivity contribution < 1.29 is 9.13 Å². The molecule has 1 aromatic rings. The number of benzene rings is 1. The van der Waals surface area contributed by atoms with Crippen LogP contribution in [0.5, 0.6) is 5.75 Å². The molecule has 17 heavy (non-hydrogen) atoms. The van der Waals surface area contributed by atoms with Gasteiger partial charge in [0.15, 0.2) is 0 Å². The summed E-state index contributed by atoms with van der Waals surface area (Å²) in [6.07, 6.45) is 2.95. The molecule has 0 radical (unpaired) electrons. The maximum absolute atomic E-state index is 15.1. The second kappa shape index (κ2) is 4.30. The molecule has 0 saturated carbocycles. The minimum Gasteiger partial charge on any atom is -0.493 e. The summed E-state index contributed by atoms with van der Waals surface area (Å²) < 4.78 is 20.7. The highest BCUT2D eigenvalue weighted by Gasteiger charge is 2.36. The van der Waals surface area contributed by atoms with Crippen LogP contribution in [0.4, 0.5) is 4.39 Å². The Hall–Kier alpha value is -1.09. The van der Waals surface area contributed by atoms with Crippen molar-refractivity contribution in [2.75, 3.05) is 19.7 Å². The minimum atomic E-state index is -1.21. The summed E-state index contributed by atoms with van der Waals surface area (Å²) in [5.41, 5.74) is 0.729. The van der Waals surface area contributed by atoms with Gasteiger partial charge in [-0.2, -0.15) is 0 Å². The number of rotatable bonds is 1. The molecule has 0 amide bonds. The van der Waals surface area contributed by atoms with E-state index in [9.17, 15) is 0 Å². The summed E-state index contributed by atoms with van der Waals surface area (Å²) >= 11 is 0. The van der Waals surface area contributed by atoms with Crippen molar-refractivity contribution in [3.8, 4) is 5.75 Å². The van der Waals surface area contributed by atoms with Crippen LogP contribution in [-0.2, 0) is 12.1 Å². The number of alkyl halides is 1. The van der Waals surface area contributed by atoms with Crippen LogP contribution >= 0.6 is 0 Å². The number of fused-ring (bicyclic) bond motifs is 1. The van der Waals surface area contributed by atoms with Gasteiger partial charge >= 0.3 is 0 Å². The highest BCUT2D eigenvalue weighted by Crippen LogP contribution is 2.43.